The molecule has 0 N–H and O–H groups in total. The van der Waals surface area contributed by atoms with Crippen LogP contribution in [0.1, 0.15) is 30.1 Å². The molecule has 2 heterocycles. The van der Waals surface area contributed by atoms with Crippen molar-refractivity contribution in [3.05, 3.63) is 22.2 Å². The summed E-state index contributed by atoms with van der Waals surface area (Å²) in [4.78, 5) is 12.6. The molecule has 3 rings (SSSR count). The summed E-state index contributed by atoms with van der Waals surface area (Å²) >= 11 is 3.47. The Morgan fingerprint density at radius 2 is 1.90 bits per heavy atom. The Balaban J connectivity index is 1.93. The number of ether oxygens (including phenoxy) is 3. The highest BCUT2D eigenvalue weighted by molar-refractivity contribution is 9.10. The summed E-state index contributed by atoms with van der Waals surface area (Å²) in [5.41, 5.74) is 0.650. The zero-order valence-corrected chi connectivity index (χ0v) is 12.9. The zero-order valence-electron chi connectivity index (χ0n) is 11.4. The maximum atomic E-state index is 12.6. The van der Waals surface area contributed by atoms with Crippen LogP contribution in [-0.2, 0) is 4.74 Å². The van der Waals surface area contributed by atoms with Crippen molar-refractivity contribution >= 4 is 21.7 Å². The summed E-state index contributed by atoms with van der Waals surface area (Å²) in [5.74, 6) is 1.39. The number of halogens is 1. The van der Waals surface area contributed by atoms with E-state index in [0.717, 1.165) is 17.3 Å². The molecule has 0 aliphatic carbocycles. The molecule has 0 saturated carbocycles. The van der Waals surface area contributed by atoms with Crippen molar-refractivity contribution in [2.45, 2.75) is 25.9 Å². The van der Waals surface area contributed by atoms with Crippen LogP contribution < -0.4 is 9.47 Å². The summed E-state index contributed by atoms with van der Waals surface area (Å²) in [7, 11) is 0. The minimum Gasteiger partial charge on any atom is -0.490 e. The van der Waals surface area contributed by atoms with Gasteiger partial charge in [-0.1, -0.05) is 0 Å². The van der Waals surface area contributed by atoms with Gasteiger partial charge in [-0.05, 0) is 41.4 Å². The fourth-order valence-electron chi connectivity index (χ4n) is 2.65. The van der Waals surface area contributed by atoms with E-state index < -0.39 is 0 Å². The van der Waals surface area contributed by atoms with Gasteiger partial charge < -0.3 is 14.2 Å². The highest BCUT2D eigenvalue weighted by Crippen LogP contribution is 2.37. The number of benzene rings is 1. The zero-order chi connectivity index (χ0) is 14.1. The molecule has 2 unspecified atom stereocenters. The molecular formula is C15H17BrO4. The van der Waals surface area contributed by atoms with Crippen molar-refractivity contribution in [2.24, 2.45) is 5.92 Å². The standard InChI is InChI=1S/C15H17BrO4/c1-9-10(3-6-18-9)15(17)11-7-13-14(8-12(11)16)20-5-2-4-19-13/h7-10H,2-6H2,1H3. The fraction of sp³-hybridized carbons (Fsp3) is 0.533. The normalized spacial score (nSPS) is 25.3. The lowest BCUT2D eigenvalue weighted by Crippen LogP contribution is -2.22. The minimum atomic E-state index is -0.0731. The summed E-state index contributed by atoms with van der Waals surface area (Å²) in [5, 5.41) is 0. The Morgan fingerprint density at radius 3 is 2.55 bits per heavy atom. The molecule has 2 atom stereocenters. The van der Waals surface area contributed by atoms with Gasteiger partial charge in [0.2, 0.25) is 0 Å². The van der Waals surface area contributed by atoms with Crippen molar-refractivity contribution in [3.63, 3.8) is 0 Å². The third-order valence-electron chi connectivity index (χ3n) is 3.82. The van der Waals surface area contributed by atoms with Crippen LogP contribution in [0.25, 0.3) is 0 Å². The van der Waals surface area contributed by atoms with Crippen LogP contribution >= 0.6 is 15.9 Å². The van der Waals surface area contributed by atoms with E-state index in [1.54, 1.807) is 6.07 Å². The van der Waals surface area contributed by atoms with Crippen LogP contribution in [-0.4, -0.2) is 31.7 Å². The van der Waals surface area contributed by atoms with Crippen LogP contribution in [0.3, 0.4) is 0 Å². The first kappa shape index (κ1) is 13.9. The maximum Gasteiger partial charge on any atom is 0.169 e. The van der Waals surface area contributed by atoms with Gasteiger partial charge >= 0.3 is 0 Å². The minimum absolute atomic E-state index is 0.0228. The maximum absolute atomic E-state index is 12.6. The first-order valence-electron chi connectivity index (χ1n) is 6.92. The number of carbonyl (C=O) groups is 1. The third kappa shape index (κ3) is 2.56. The Morgan fingerprint density at radius 1 is 1.20 bits per heavy atom. The summed E-state index contributed by atoms with van der Waals surface area (Å²) in [6.07, 6.45) is 1.61. The van der Waals surface area contributed by atoms with Gasteiger partial charge in [0.05, 0.1) is 25.2 Å². The van der Waals surface area contributed by atoms with Gasteiger partial charge in [0.1, 0.15) is 0 Å². The second kappa shape index (κ2) is 5.74. The molecule has 108 valence electrons. The van der Waals surface area contributed by atoms with Crippen molar-refractivity contribution in [2.75, 3.05) is 19.8 Å². The largest absolute Gasteiger partial charge is 0.490 e. The molecule has 2 aliphatic rings. The molecule has 1 saturated heterocycles. The molecule has 1 aromatic rings. The average Bonchev–Trinajstić information content (AvgIpc) is 2.72. The first-order chi connectivity index (χ1) is 9.66. The van der Waals surface area contributed by atoms with Gasteiger partial charge in [-0.2, -0.15) is 0 Å². The molecule has 0 spiro atoms. The van der Waals surface area contributed by atoms with E-state index in [-0.39, 0.29) is 17.8 Å². The van der Waals surface area contributed by atoms with Crippen LogP contribution in [0.2, 0.25) is 0 Å². The molecule has 4 nitrogen and oxygen atoms in total. The Labute approximate surface area is 126 Å². The van der Waals surface area contributed by atoms with E-state index in [2.05, 4.69) is 15.9 Å². The smallest absolute Gasteiger partial charge is 0.169 e. The van der Waals surface area contributed by atoms with Gasteiger partial charge in [-0.3, -0.25) is 4.79 Å². The molecule has 20 heavy (non-hydrogen) atoms. The second-order valence-corrected chi connectivity index (χ2v) is 6.02. The molecule has 1 aromatic carbocycles. The number of rotatable bonds is 2. The van der Waals surface area contributed by atoms with Crippen molar-refractivity contribution in [3.8, 4) is 11.5 Å². The molecular weight excluding hydrogens is 324 g/mol. The molecule has 0 aromatic heterocycles. The summed E-state index contributed by atoms with van der Waals surface area (Å²) < 4.78 is 17.5. The lowest BCUT2D eigenvalue weighted by atomic mass is 9.92. The molecule has 0 bridgehead atoms. The second-order valence-electron chi connectivity index (χ2n) is 5.16. The highest BCUT2D eigenvalue weighted by atomic mass is 79.9. The molecule has 0 amide bonds. The number of hydrogen-bond donors (Lipinski definition) is 0. The monoisotopic (exact) mass is 340 g/mol. The van der Waals surface area contributed by atoms with Crippen molar-refractivity contribution in [1.82, 2.24) is 0 Å². The Bertz CT molecular complexity index is 529. The average molecular weight is 341 g/mol. The van der Waals surface area contributed by atoms with Gasteiger partial charge in [0, 0.05) is 23.1 Å². The van der Waals surface area contributed by atoms with Crippen molar-refractivity contribution < 1.29 is 19.0 Å². The lowest BCUT2D eigenvalue weighted by Gasteiger charge is -2.16. The number of ketones is 1. The van der Waals surface area contributed by atoms with Crippen LogP contribution in [0.4, 0.5) is 0 Å². The molecule has 1 fully saturated rings. The van der Waals surface area contributed by atoms with E-state index in [1.807, 2.05) is 13.0 Å². The predicted octanol–water partition coefficient (Wildman–Crippen LogP) is 3.22. The van der Waals surface area contributed by atoms with Crippen molar-refractivity contribution in [1.29, 1.82) is 0 Å². The highest BCUT2D eigenvalue weighted by Gasteiger charge is 2.33. The van der Waals surface area contributed by atoms with Crippen LogP contribution in [0, 0.1) is 5.92 Å². The number of Topliss-reactive ketones (excluding diaryl/α,β-unsaturated/α-hetero) is 1. The number of hydrogen-bond acceptors (Lipinski definition) is 4. The summed E-state index contributed by atoms with van der Waals surface area (Å²) in [6, 6.07) is 3.62. The Kier molecular flexibility index (Phi) is 3.98. The SMILES string of the molecule is CC1OCCC1C(=O)c1cc2c(cc1Br)OCCCO2. The first-order valence-corrected chi connectivity index (χ1v) is 7.71. The van der Waals surface area contributed by atoms with Crippen LogP contribution in [0.15, 0.2) is 16.6 Å². The molecule has 2 aliphatic heterocycles. The van der Waals surface area contributed by atoms with E-state index in [4.69, 9.17) is 14.2 Å². The van der Waals surface area contributed by atoms with Crippen LogP contribution in [0.5, 0.6) is 11.5 Å². The summed E-state index contributed by atoms with van der Waals surface area (Å²) in [6.45, 7) is 3.86. The van der Waals surface area contributed by atoms with Gasteiger partial charge in [0.25, 0.3) is 0 Å². The van der Waals surface area contributed by atoms with Gasteiger partial charge in [-0.25, -0.2) is 0 Å². The predicted molar refractivity (Wildman–Crippen MR) is 77.6 cm³/mol. The Hall–Kier alpha value is -1.07. The molecule has 0 radical (unpaired) electrons. The topological polar surface area (TPSA) is 44.8 Å². The lowest BCUT2D eigenvalue weighted by molar-refractivity contribution is 0.0763. The fourth-order valence-corrected chi connectivity index (χ4v) is 3.17. The number of fused-ring (bicyclic) bond motifs is 1. The van der Waals surface area contributed by atoms with E-state index in [9.17, 15) is 4.79 Å². The van der Waals surface area contributed by atoms with E-state index in [0.29, 0.717) is 36.9 Å². The third-order valence-corrected chi connectivity index (χ3v) is 4.47. The molecule has 5 heteroatoms. The number of carbonyl (C=O) groups excluding carboxylic acids is 1. The van der Waals surface area contributed by atoms with Gasteiger partial charge in [-0.15, -0.1) is 0 Å². The van der Waals surface area contributed by atoms with E-state index in [1.165, 1.54) is 0 Å². The van der Waals surface area contributed by atoms with E-state index >= 15 is 0 Å². The van der Waals surface area contributed by atoms with Gasteiger partial charge in [0.15, 0.2) is 17.3 Å². The quantitative estimate of drug-likeness (QED) is 0.775.